The molecule has 1 atom stereocenters. The molecule has 2 aromatic carbocycles. The van der Waals surface area contributed by atoms with E-state index in [-0.39, 0.29) is 24.1 Å². The lowest BCUT2D eigenvalue weighted by Crippen LogP contribution is -2.30. The van der Waals surface area contributed by atoms with Gasteiger partial charge in [0.1, 0.15) is 11.5 Å². The molecule has 7 heteroatoms. The average Bonchev–Trinajstić information content (AvgIpc) is 3.36. The molecule has 5 nitrogen and oxygen atoms in total. The van der Waals surface area contributed by atoms with Gasteiger partial charge in [-0.25, -0.2) is 9.07 Å². The van der Waals surface area contributed by atoms with Crippen LogP contribution in [0.2, 0.25) is 0 Å². The maximum atomic E-state index is 13.3. The molecular formula is C22H24ClFN4O. The summed E-state index contributed by atoms with van der Waals surface area (Å²) in [5.41, 5.74) is 9.68. The first-order valence-corrected chi connectivity index (χ1v) is 9.47. The lowest BCUT2D eigenvalue weighted by atomic mass is 10.1. The number of aromatic nitrogens is 2. The number of carbonyl (C=O) groups excluding carboxylic acids is 1. The van der Waals surface area contributed by atoms with Crippen molar-refractivity contribution in [2.75, 3.05) is 19.6 Å². The van der Waals surface area contributed by atoms with Crippen molar-refractivity contribution in [3.8, 4) is 16.9 Å². The van der Waals surface area contributed by atoms with Crippen molar-refractivity contribution in [1.82, 2.24) is 14.7 Å². The van der Waals surface area contributed by atoms with E-state index in [2.05, 4.69) is 5.10 Å². The van der Waals surface area contributed by atoms with Gasteiger partial charge in [0.2, 0.25) is 0 Å². The molecule has 0 aliphatic carbocycles. The Morgan fingerprint density at radius 2 is 1.86 bits per heavy atom. The Morgan fingerprint density at radius 1 is 1.17 bits per heavy atom. The van der Waals surface area contributed by atoms with Crippen LogP contribution in [0.5, 0.6) is 0 Å². The molecule has 0 saturated carbocycles. The summed E-state index contributed by atoms with van der Waals surface area (Å²) in [6.45, 7) is 3.98. The molecule has 1 aromatic heterocycles. The summed E-state index contributed by atoms with van der Waals surface area (Å²) in [5.74, 6) is -0.00494. The molecule has 1 amide bonds. The monoisotopic (exact) mass is 414 g/mol. The average molecular weight is 415 g/mol. The lowest BCUT2D eigenvalue weighted by molar-refractivity contribution is 0.0788. The number of rotatable bonds is 4. The quantitative estimate of drug-likeness (QED) is 0.705. The summed E-state index contributed by atoms with van der Waals surface area (Å²) in [5, 5.41) is 4.66. The first-order valence-electron chi connectivity index (χ1n) is 9.47. The molecule has 2 heterocycles. The standard InChI is InChI=1S/C22H23FN4O.ClH/c1-15-2-4-17(5-3-15)21-20(22(28)26-11-10-16(12-24)13-26)14-27(25-21)19-8-6-18(23)7-9-19;/h2-9,14,16H,10-13,24H2,1H3;1H. The smallest absolute Gasteiger partial charge is 0.257 e. The summed E-state index contributed by atoms with van der Waals surface area (Å²) in [7, 11) is 0. The molecule has 1 unspecified atom stereocenters. The van der Waals surface area contributed by atoms with Crippen molar-refractivity contribution >= 4 is 18.3 Å². The van der Waals surface area contributed by atoms with Crippen LogP contribution in [-0.2, 0) is 0 Å². The number of benzene rings is 2. The first kappa shape index (κ1) is 21.0. The fourth-order valence-corrected chi connectivity index (χ4v) is 3.56. The van der Waals surface area contributed by atoms with Crippen LogP contribution >= 0.6 is 12.4 Å². The number of nitrogens with zero attached hydrogens (tertiary/aromatic N) is 3. The highest BCUT2D eigenvalue weighted by Crippen LogP contribution is 2.27. The number of aryl methyl sites for hydroxylation is 1. The molecule has 0 spiro atoms. The number of hydrogen-bond donors (Lipinski definition) is 1. The van der Waals surface area contributed by atoms with Crippen molar-refractivity contribution in [2.45, 2.75) is 13.3 Å². The van der Waals surface area contributed by atoms with Crippen LogP contribution in [0.3, 0.4) is 0 Å². The molecule has 29 heavy (non-hydrogen) atoms. The Hall–Kier alpha value is -2.70. The van der Waals surface area contributed by atoms with Gasteiger partial charge in [-0.2, -0.15) is 5.10 Å². The van der Waals surface area contributed by atoms with Crippen molar-refractivity contribution in [3.63, 3.8) is 0 Å². The van der Waals surface area contributed by atoms with Gasteiger partial charge in [-0.15, -0.1) is 12.4 Å². The zero-order chi connectivity index (χ0) is 19.7. The minimum absolute atomic E-state index is 0. The molecule has 4 rings (SSSR count). The fraction of sp³-hybridized carbons (Fsp3) is 0.273. The Morgan fingerprint density at radius 3 is 2.48 bits per heavy atom. The second-order valence-corrected chi connectivity index (χ2v) is 7.32. The molecular weight excluding hydrogens is 391 g/mol. The van der Waals surface area contributed by atoms with Gasteiger partial charge in [-0.3, -0.25) is 4.79 Å². The highest BCUT2D eigenvalue weighted by atomic mass is 35.5. The van der Waals surface area contributed by atoms with Gasteiger partial charge in [0, 0.05) is 24.8 Å². The van der Waals surface area contributed by atoms with E-state index in [4.69, 9.17) is 5.73 Å². The molecule has 1 aliphatic heterocycles. The third kappa shape index (κ3) is 4.33. The molecule has 152 valence electrons. The van der Waals surface area contributed by atoms with Crippen LogP contribution in [0.4, 0.5) is 4.39 Å². The van der Waals surface area contributed by atoms with E-state index in [1.165, 1.54) is 12.1 Å². The van der Waals surface area contributed by atoms with Crippen molar-refractivity contribution in [1.29, 1.82) is 0 Å². The predicted octanol–water partition coefficient (Wildman–Crippen LogP) is 3.83. The van der Waals surface area contributed by atoms with Gasteiger partial charge in [0.25, 0.3) is 5.91 Å². The highest BCUT2D eigenvalue weighted by molar-refractivity contribution is 6.00. The normalized spacial score (nSPS) is 16.0. The number of halogens is 2. The summed E-state index contributed by atoms with van der Waals surface area (Å²) >= 11 is 0. The highest BCUT2D eigenvalue weighted by Gasteiger charge is 2.29. The molecule has 2 N–H and O–H groups in total. The Kier molecular flexibility index (Phi) is 6.35. The summed E-state index contributed by atoms with van der Waals surface area (Å²) in [4.78, 5) is 15.1. The maximum absolute atomic E-state index is 13.3. The number of likely N-dealkylation sites (tertiary alicyclic amines) is 1. The Bertz CT molecular complexity index is 985. The second-order valence-electron chi connectivity index (χ2n) is 7.32. The molecule has 1 fully saturated rings. The molecule has 0 bridgehead atoms. The molecule has 1 saturated heterocycles. The van der Waals surface area contributed by atoms with Crippen LogP contribution in [0.15, 0.2) is 54.7 Å². The van der Waals surface area contributed by atoms with Crippen LogP contribution < -0.4 is 5.73 Å². The maximum Gasteiger partial charge on any atom is 0.257 e. The van der Waals surface area contributed by atoms with Gasteiger partial charge in [-0.1, -0.05) is 29.8 Å². The largest absolute Gasteiger partial charge is 0.338 e. The van der Waals surface area contributed by atoms with E-state index < -0.39 is 0 Å². The van der Waals surface area contributed by atoms with Gasteiger partial charge in [-0.05, 0) is 50.1 Å². The van der Waals surface area contributed by atoms with Crippen LogP contribution in [-0.4, -0.2) is 40.2 Å². The SMILES string of the molecule is Cc1ccc(-c2nn(-c3ccc(F)cc3)cc2C(=O)N2CCC(CN)C2)cc1.Cl. The van der Waals surface area contributed by atoms with Gasteiger partial charge in [0.15, 0.2) is 0 Å². The van der Waals surface area contributed by atoms with E-state index >= 15 is 0 Å². The third-order valence-corrected chi connectivity index (χ3v) is 5.27. The van der Waals surface area contributed by atoms with Crippen LogP contribution in [0.25, 0.3) is 16.9 Å². The third-order valence-electron chi connectivity index (χ3n) is 5.27. The van der Waals surface area contributed by atoms with Crippen molar-refractivity contribution < 1.29 is 9.18 Å². The second kappa shape index (κ2) is 8.76. The van der Waals surface area contributed by atoms with E-state index in [0.29, 0.717) is 42.5 Å². The van der Waals surface area contributed by atoms with Gasteiger partial charge < -0.3 is 10.6 Å². The van der Waals surface area contributed by atoms with Crippen LogP contribution in [0, 0.1) is 18.7 Å². The van der Waals surface area contributed by atoms with E-state index in [0.717, 1.165) is 17.5 Å². The van der Waals surface area contributed by atoms with E-state index in [1.54, 1.807) is 23.0 Å². The first-order chi connectivity index (χ1) is 13.5. The Balaban J connectivity index is 0.00000240. The topological polar surface area (TPSA) is 64.2 Å². The van der Waals surface area contributed by atoms with Crippen molar-refractivity contribution in [3.05, 3.63) is 71.7 Å². The number of nitrogens with two attached hydrogens (primary N) is 1. The summed E-state index contributed by atoms with van der Waals surface area (Å²) in [6, 6.07) is 14.0. The van der Waals surface area contributed by atoms with E-state index in [1.807, 2.05) is 36.1 Å². The number of carbonyl (C=O) groups is 1. The zero-order valence-electron chi connectivity index (χ0n) is 16.2. The lowest BCUT2D eigenvalue weighted by Gasteiger charge is -2.16. The van der Waals surface area contributed by atoms with E-state index in [9.17, 15) is 9.18 Å². The Labute approximate surface area is 175 Å². The zero-order valence-corrected chi connectivity index (χ0v) is 17.0. The van der Waals surface area contributed by atoms with Crippen LogP contribution in [0.1, 0.15) is 22.3 Å². The predicted molar refractivity (Wildman–Crippen MR) is 114 cm³/mol. The van der Waals surface area contributed by atoms with Gasteiger partial charge >= 0.3 is 0 Å². The molecule has 0 radical (unpaired) electrons. The molecule has 3 aromatic rings. The minimum Gasteiger partial charge on any atom is -0.338 e. The van der Waals surface area contributed by atoms with Crippen molar-refractivity contribution in [2.24, 2.45) is 11.7 Å². The summed E-state index contributed by atoms with van der Waals surface area (Å²) < 4.78 is 14.9. The number of amides is 1. The minimum atomic E-state index is -0.309. The molecule has 1 aliphatic rings. The number of hydrogen-bond acceptors (Lipinski definition) is 3. The van der Waals surface area contributed by atoms with Gasteiger partial charge in [0.05, 0.1) is 11.3 Å². The summed E-state index contributed by atoms with van der Waals surface area (Å²) in [6.07, 6.45) is 2.66. The fourth-order valence-electron chi connectivity index (χ4n) is 3.56.